The van der Waals surface area contributed by atoms with Gasteiger partial charge in [0.25, 0.3) is 0 Å². The molecule has 7 nitrogen and oxygen atoms in total. The van der Waals surface area contributed by atoms with E-state index in [1.165, 1.54) is 12.3 Å². The second kappa shape index (κ2) is 7.74. The Bertz CT molecular complexity index is 763. The van der Waals surface area contributed by atoms with Crippen molar-refractivity contribution in [3.63, 3.8) is 0 Å². The molecule has 0 amide bonds. The van der Waals surface area contributed by atoms with Gasteiger partial charge in [0.2, 0.25) is 0 Å². The van der Waals surface area contributed by atoms with Crippen molar-refractivity contribution in [3.05, 3.63) is 47.4 Å². The Hall–Kier alpha value is -2.96. The maximum atomic E-state index is 12.2. The third-order valence-corrected chi connectivity index (χ3v) is 3.56. The molecule has 0 aliphatic carbocycles. The number of hydrogen-bond acceptors (Lipinski definition) is 7. The summed E-state index contributed by atoms with van der Waals surface area (Å²) in [6.07, 6.45) is 2.13. The van der Waals surface area contributed by atoms with Crippen LogP contribution in [-0.2, 0) is 16.1 Å². The fourth-order valence-electron chi connectivity index (χ4n) is 2.35. The number of carbonyl (C=O) groups is 2. The SMILES string of the molecule is CCOC(=O)c1ccoc1COC(=O)c1ccc2c(c1)OCCCO2. The molecule has 1 aliphatic rings. The highest BCUT2D eigenvalue weighted by Gasteiger charge is 2.19. The van der Waals surface area contributed by atoms with E-state index in [1.807, 2.05) is 0 Å². The second-order valence-corrected chi connectivity index (χ2v) is 5.27. The van der Waals surface area contributed by atoms with Crippen LogP contribution < -0.4 is 9.47 Å². The van der Waals surface area contributed by atoms with Crippen LogP contribution in [0.15, 0.2) is 34.9 Å². The molecule has 0 saturated carbocycles. The monoisotopic (exact) mass is 346 g/mol. The average molecular weight is 346 g/mol. The fraction of sp³-hybridized carbons (Fsp3) is 0.333. The molecular formula is C18H18O7. The molecule has 1 aromatic carbocycles. The Morgan fingerprint density at radius 3 is 2.64 bits per heavy atom. The van der Waals surface area contributed by atoms with Gasteiger partial charge in [-0.05, 0) is 31.2 Å². The molecule has 2 heterocycles. The number of hydrogen-bond donors (Lipinski definition) is 0. The van der Waals surface area contributed by atoms with Crippen LogP contribution in [0.3, 0.4) is 0 Å². The van der Waals surface area contributed by atoms with E-state index in [0.29, 0.717) is 30.3 Å². The summed E-state index contributed by atoms with van der Waals surface area (Å²) < 4.78 is 26.4. The van der Waals surface area contributed by atoms with Crippen molar-refractivity contribution < 1.29 is 33.0 Å². The zero-order valence-corrected chi connectivity index (χ0v) is 13.8. The molecule has 0 saturated heterocycles. The van der Waals surface area contributed by atoms with Crippen LogP contribution in [0.5, 0.6) is 11.5 Å². The lowest BCUT2D eigenvalue weighted by Gasteiger charge is -2.09. The lowest BCUT2D eigenvalue weighted by Crippen LogP contribution is -2.09. The van der Waals surface area contributed by atoms with Gasteiger partial charge >= 0.3 is 11.9 Å². The molecule has 7 heteroatoms. The van der Waals surface area contributed by atoms with Crippen LogP contribution in [-0.4, -0.2) is 31.8 Å². The van der Waals surface area contributed by atoms with E-state index >= 15 is 0 Å². The third-order valence-electron chi connectivity index (χ3n) is 3.56. The summed E-state index contributed by atoms with van der Waals surface area (Å²) in [4.78, 5) is 24.0. The van der Waals surface area contributed by atoms with Crippen LogP contribution in [0.4, 0.5) is 0 Å². The molecule has 0 atom stereocenters. The maximum absolute atomic E-state index is 12.2. The molecule has 1 aliphatic heterocycles. The lowest BCUT2D eigenvalue weighted by atomic mass is 10.2. The van der Waals surface area contributed by atoms with Gasteiger partial charge in [0.05, 0.1) is 31.6 Å². The third kappa shape index (κ3) is 3.93. The Balaban J connectivity index is 1.66. The molecule has 0 radical (unpaired) electrons. The highest BCUT2D eigenvalue weighted by molar-refractivity contribution is 5.91. The van der Waals surface area contributed by atoms with Gasteiger partial charge in [-0.15, -0.1) is 0 Å². The molecule has 0 fully saturated rings. The lowest BCUT2D eigenvalue weighted by molar-refractivity contribution is 0.0422. The molecule has 0 unspecified atom stereocenters. The quantitative estimate of drug-likeness (QED) is 0.770. The molecule has 25 heavy (non-hydrogen) atoms. The summed E-state index contributed by atoms with van der Waals surface area (Å²) in [6, 6.07) is 6.34. The summed E-state index contributed by atoms with van der Waals surface area (Å²) in [6.45, 7) is 2.89. The fourth-order valence-corrected chi connectivity index (χ4v) is 2.35. The largest absolute Gasteiger partial charge is 0.490 e. The number of carbonyl (C=O) groups excluding carboxylic acids is 2. The first-order valence-corrected chi connectivity index (χ1v) is 7.99. The van der Waals surface area contributed by atoms with E-state index in [4.69, 9.17) is 23.4 Å². The predicted molar refractivity (Wildman–Crippen MR) is 85.8 cm³/mol. The highest BCUT2D eigenvalue weighted by atomic mass is 16.5. The van der Waals surface area contributed by atoms with Crippen molar-refractivity contribution in [2.24, 2.45) is 0 Å². The number of benzene rings is 1. The smallest absolute Gasteiger partial charge is 0.341 e. The van der Waals surface area contributed by atoms with Crippen molar-refractivity contribution >= 4 is 11.9 Å². The van der Waals surface area contributed by atoms with Crippen LogP contribution in [0, 0.1) is 0 Å². The van der Waals surface area contributed by atoms with Gasteiger partial charge in [-0.25, -0.2) is 9.59 Å². The summed E-state index contributed by atoms with van der Waals surface area (Å²) in [7, 11) is 0. The zero-order chi connectivity index (χ0) is 17.6. The first-order valence-electron chi connectivity index (χ1n) is 7.99. The van der Waals surface area contributed by atoms with E-state index in [1.54, 1.807) is 25.1 Å². The van der Waals surface area contributed by atoms with Crippen molar-refractivity contribution in [1.29, 1.82) is 0 Å². The Morgan fingerprint density at radius 2 is 1.84 bits per heavy atom. The topological polar surface area (TPSA) is 84.2 Å². The molecule has 0 N–H and O–H groups in total. The van der Waals surface area contributed by atoms with Gasteiger partial charge in [0, 0.05) is 6.42 Å². The van der Waals surface area contributed by atoms with E-state index in [9.17, 15) is 9.59 Å². The van der Waals surface area contributed by atoms with Crippen LogP contribution in [0.25, 0.3) is 0 Å². The number of furan rings is 1. The molecule has 2 aromatic rings. The van der Waals surface area contributed by atoms with Gasteiger partial charge in [-0.3, -0.25) is 0 Å². The number of fused-ring (bicyclic) bond motifs is 1. The van der Waals surface area contributed by atoms with E-state index in [0.717, 1.165) is 6.42 Å². The summed E-state index contributed by atoms with van der Waals surface area (Å²) >= 11 is 0. The predicted octanol–water partition coefficient (Wildman–Crippen LogP) is 2.97. The molecular weight excluding hydrogens is 328 g/mol. The second-order valence-electron chi connectivity index (χ2n) is 5.27. The normalized spacial score (nSPS) is 13.0. The maximum Gasteiger partial charge on any atom is 0.341 e. The van der Waals surface area contributed by atoms with E-state index in [-0.39, 0.29) is 24.5 Å². The minimum atomic E-state index is -0.554. The molecule has 1 aromatic heterocycles. The van der Waals surface area contributed by atoms with Gasteiger partial charge in [0.1, 0.15) is 5.56 Å². The van der Waals surface area contributed by atoms with Crippen LogP contribution in [0.1, 0.15) is 39.8 Å². The summed E-state index contributed by atoms with van der Waals surface area (Å²) in [5.74, 6) is 0.280. The minimum Gasteiger partial charge on any atom is -0.490 e. The zero-order valence-electron chi connectivity index (χ0n) is 13.8. The Morgan fingerprint density at radius 1 is 1.04 bits per heavy atom. The summed E-state index contributed by atoms with van der Waals surface area (Å²) in [5, 5.41) is 0. The van der Waals surface area contributed by atoms with Gasteiger partial charge in [0.15, 0.2) is 23.9 Å². The molecule has 132 valence electrons. The van der Waals surface area contributed by atoms with Crippen molar-refractivity contribution in [3.8, 4) is 11.5 Å². The van der Waals surface area contributed by atoms with Gasteiger partial charge < -0.3 is 23.4 Å². The Kier molecular flexibility index (Phi) is 5.23. The molecule has 0 spiro atoms. The number of rotatable bonds is 5. The number of ether oxygens (including phenoxy) is 4. The minimum absolute atomic E-state index is 0.172. The van der Waals surface area contributed by atoms with Crippen LogP contribution >= 0.6 is 0 Å². The molecule has 0 bridgehead atoms. The average Bonchev–Trinajstić information content (AvgIpc) is 2.96. The summed E-state index contributed by atoms with van der Waals surface area (Å²) in [5.41, 5.74) is 0.571. The standard InChI is InChI=1S/C18H18O7/c1-2-21-18(20)13-6-9-24-16(13)11-25-17(19)12-4-5-14-15(10-12)23-8-3-7-22-14/h4-6,9-10H,2-3,7-8,11H2,1H3. The van der Waals surface area contributed by atoms with Crippen molar-refractivity contribution in [2.45, 2.75) is 20.0 Å². The van der Waals surface area contributed by atoms with Gasteiger partial charge in [-0.2, -0.15) is 0 Å². The Labute approximate surface area is 144 Å². The van der Waals surface area contributed by atoms with E-state index in [2.05, 4.69) is 0 Å². The highest BCUT2D eigenvalue weighted by Crippen LogP contribution is 2.30. The van der Waals surface area contributed by atoms with Crippen molar-refractivity contribution in [1.82, 2.24) is 0 Å². The van der Waals surface area contributed by atoms with E-state index < -0.39 is 11.9 Å². The van der Waals surface area contributed by atoms with Gasteiger partial charge in [-0.1, -0.05) is 0 Å². The number of esters is 2. The first-order chi connectivity index (χ1) is 12.2. The van der Waals surface area contributed by atoms with Crippen LogP contribution in [0.2, 0.25) is 0 Å². The first kappa shape index (κ1) is 16.9. The van der Waals surface area contributed by atoms with Crippen molar-refractivity contribution in [2.75, 3.05) is 19.8 Å². The molecule has 3 rings (SSSR count).